The summed E-state index contributed by atoms with van der Waals surface area (Å²) in [7, 11) is 0. The summed E-state index contributed by atoms with van der Waals surface area (Å²) in [5, 5.41) is 0. The summed E-state index contributed by atoms with van der Waals surface area (Å²) >= 11 is 0. The lowest BCUT2D eigenvalue weighted by Crippen LogP contribution is 0.419. The third kappa shape index (κ3) is 7060. The molecule has 0 rings (SSSR count). The number of hydrogen-bond donors (Lipinski definition) is 0. The minimum atomic E-state index is 0. The van der Waals surface area contributed by atoms with E-state index in [1.54, 1.807) is 0 Å². The van der Waals surface area contributed by atoms with Gasteiger partial charge in [-0.2, -0.15) is 0 Å². The molecule has 0 atom stereocenters. The summed E-state index contributed by atoms with van der Waals surface area (Å²) in [6.45, 7) is 0. The molecule has 0 aromatic carbocycles. The highest BCUT2D eigenvalue weighted by Crippen LogP contribution is 0.648. The molecular formula is H7F7S. The van der Waals surface area contributed by atoms with E-state index in [1.165, 1.54) is 0 Å². The summed E-state index contributed by atoms with van der Waals surface area (Å²) in [5.74, 6) is 0. The Balaban J connectivity index is 0. The van der Waals surface area contributed by atoms with E-state index in [2.05, 4.69) is 0 Å². The SMILES string of the molecule is F.F.F.F.F.F.F.[S]. The molecule has 0 spiro atoms. The lowest BCUT2D eigenvalue weighted by Gasteiger charge is -0.270. The molecule has 0 bridgehead atoms. The molecule has 8 heavy (non-hydrogen) atoms. The van der Waals surface area contributed by atoms with Gasteiger partial charge in [0.2, 0.25) is 0 Å². The van der Waals surface area contributed by atoms with E-state index in [0.29, 0.717) is 0 Å². The molecule has 8 heteroatoms. The monoisotopic (exact) mass is 172 g/mol. The fraction of sp³-hybridized carbons (Fsp3) is 0. The van der Waals surface area contributed by atoms with E-state index in [9.17, 15) is 0 Å². The Morgan fingerprint density at radius 3 is 0.250 bits per heavy atom. The van der Waals surface area contributed by atoms with Gasteiger partial charge < -0.3 is 0 Å². The van der Waals surface area contributed by atoms with Gasteiger partial charge in [-0.25, -0.2) is 0 Å². The van der Waals surface area contributed by atoms with Crippen molar-refractivity contribution in [2.45, 2.75) is 0 Å². The van der Waals surface area contributed by atoms with E-state index in [-0.39, 0.29) is 46.4 Å². The van der Waals surface area contributed by atoms with Crippen LogP contribution in [-0.4, -0.2) is 0 Å². The summed E-state index contributed by atoms with van der Waals surface area (Å²) in [5.41, 5.74) is 0. The van der Waals surface area contributed by atoms with E-state index >= 15 is 0 Å². The highest BCUT2D eigenvalue weighted by atomic mass is 32.1. The molecule has 0 nitrogen and oxygen atoms in total. The molecule has 0 aliphatic rings. The van der Waals surface area contributed by atoms with Crippen molar-refractivity contribution in [3.63, 3.8) is 0 Å². The maximum Gasteiger partial charge on any atom is 0 e. The molecule has 0 aliphatic carbocycles. The van der Waals surface area contributed by atoms with Crippen molar-refractivity contribution in [2.75, 3.05) is 0 Å². The first-order chi connectivity index (χ1) is 0. The molecule has 0 N–H and O–H groups in total. The van der Waals surface area contributed by atoms with Gasteiger partial charge >= 0.3 is 0 Å². The lowest BCUT2D eigenvalue weighted by molar-refractivity contribution is 1.11. The molecular weight excluding hydrogens is 165 g/mol. The van der Waals surface area contributed by atoms with Gasteiger partial charge in [0.25, 0.3) is 0 Å². The Kier molecular flexibility index (Phi) is 28400000. The summed E-state index contributed by atoms with van der Waals surface area (Å²) in [6, 6.07) is 0. The first kappa shape index (κ1) is 18900. The van der Waals surface area contributed by atoms with Crippen LogP contribution < -0.4 is 0 Å². The zero-order valence-corrected chi connectivity index (χ0v) is 4.08. The fourth-order valence-electron chi connectivity index (χ4n) is 0. The van der Waals surface area contributed by atoms with Crippen LogP contribution in [0, 0.1) is 0 Å². The van der Waals surface area contributed by atoms with E-state index < -0.39 is 0 Å². The van der Waals surface area contributed by atoms with Crippen molar-refractivity contribution in [3.8, 4) is 0 Å². The third-order valence-electron chi connectivity index (χ3n) is 0. The van der Waals surface area contributed by atoms with Crippen molar-refractivity contribution in [2.24, 2.45) is 0 Å². The summed E-state index contributed by atoms with van der Waals surface area (Å²) < 4.78 is 0. The van der Waals surface area contributed by atoms with E-state index in [4.69, 9.17) is 0 Å². The predicted octanol–water partition coefficient (Wildman–Crippen LogP) is 1.72. The Morgan fingerprint density at radius 1 is 0.250 bits per heavy atom. The highest BCUT2D eigenvalue weighted by Gasteiger charge is 0.0000266. The van der Waals surface area contributed by atoms with Gasteiger partial charge in [0.05, 0.1) is 0 Å². The molecule has 0 saturated carbocycles. The van der Waals surface area contributed by atoms with Gasteiger partial charge in [-0.15, -0.1) is 0 Å². The Morgan fingerprint density at radius 2 is 0.250 bits per heavy atom. The van der Waals surface area contributed by atoms with Gasteiger partial charge in [0.1, 0.15) is 0 Å². The topological polar surface area (TPSA) is 0 Å². The molecule has 0 saturated heterocycles. The van der Waals surface area contributed by atoms with E-state index in [1.807, 2.05) is 0 Å². The molecule has 0 aromatic heterocycles. The number of rotatable bonds is 0. The molecule has 0 fully saturated rings. The highest BCUT2D eigenvalue weighted by molar-refractivity contribution is 7.59. The van der Waals surface area contributed by atoms with Gasteiger partial charge in [0.15, 0.2) is 0 Å². The minimum absolute atomic E-state index is 0. The first-order valence-electron chi connectivity index (χ1n) is 0. The van der Waals surface area contributed by atoms with Crippen molar-refractivity contribution >= 4 is 13.5 Å². The number of hydrogen-bond acceptors (Lipinski definition) is 0. The standard InChI is InChI=1S/7FH.S/h7*1H;. The van der Waals surface area contributed by atoms with Crippen LogP contribution in [-0.2, 0) is 0 Å². The zero-order chi connectivity index (χ0) is 0. The Bertz CT molecular complexity index is 4.35. The molecule has 0 aliphatic heterocycles. The fourth-order valence-corrected chi connectivity index (χ4v) is 0. The van der Waals surface area contributed by atoms with Crippen LogP contribution in [0.1, 0.15) is 0 Å². The normalized spacial score (nSPS) is 0. The second kappa shape index (κ2) is 12000. The predicted molar refractivity (Wildman–Crippen MR) is 25.1 cm³/mol. The molecule has 62 valence electrons. The average Bonchev–Trinajstić information content (AvgIpc) is 0. The molecule has 0 unspecified atom stereocenters. The molecule has 2 radical (unpaired) electrons. The number of halogens is 7. The van der Waals surface area contributed by atoms with Crippen LogP contribution in [0.5, 0.6) is 0 Å². The van der Waals surface area contributed by atoms with E-state index in [0.717, 1.165) is 0 Å². The molecule has 0 amide bonds. The first-order valence-corrected chi connectivity index (χ1v) is 0. The molecule has 0 heterocycles. The van der Waals surface area contributed by atoms with Crippen LogP contribution in [0.15, 0.2) is 0 Å². The summed E-state index contributed by atoms with van der Waals surface area (Å²) in [6.07, 6.45) is 0. The van der Waals surface area contributed by atoms with Crippen molar-refractivity contribution < 1.29 is 32.9 Å². The Hall–Kier alpha value is -0.140. The van der Waals surface area contributed by atoms with Crippen LogP contribution in [0.2, 0.25) is 0 Å². The second-order valence-electron chi connectivity index (χ2n) is 0. The van der Waals surface area contributed by atoms with Gasteiger partial charge in [-0.1, -0.05) is 0 Å². The van der Waals surface area contributed by atoms with Gasteiger partial charge in [0, 0.05) is 13.5 Å². The quantitative estimate of drug-likeness (QED) is 0.488. The van der Waals surface area contributed by atoms with Gasteiger partial charge in [-0.05, 0) is 0 Å². The van der Waals surface area contributed by atoms with Gasteiger partial charge in [-0.3, -0.25) is 32.9 Å². The largest absolute Gasteiger partial charge is 0.269 e. The molecule has 0 aromatic rings. The average molecular weight is 172 g/mol. The van der Waals surface area contributed by atoms with Crippen molar-refractivity contribution in [1.82, 2.24) is 0 Å². The summed E-state index contributed by atoms with van der Waals surface area (Å²) in [4.78, 5) is 0. The minimum Gasteiger partial charge on any atom is -0.269 e. The maximum absolute atomic E-state index is 0. The Labute approximate surface area is 47.7 Å². The third-order valence-corrected chi connectivity index (χ3v) is 0. The van der Waals surface area contributed by atoms with Crippen molar-refractivity contribution in [1.29, 1.82) is 0 Å². The lowest BCUT2D eigenvalue weighted by atomic mass is 19.0. The maximum atomic E-state index is 0. The second-order valence-corrected chi connectivity index (χ2v) is 0. The van der Waals surface area contributed by atoms with Crippen LogP contribution in [0.25, 0.3) is 0 Å². The van der Waals surface area contributed by atoms with Crippen molar-refractivity contribution in [3.05, 3.63) is 0 Å². The smallest absolute Gasteiger partial charge is 0 e. The zero-order valence-electron chi connectivity index (χ0n) is 3.27. The van der Waals surface area contributed by atoms with Crippen LogP contribution in [0.3, 0.4) is 0 Å². The van der Waals surface area contributed by atoms with Crippen LogP contribution in [0.4, 0.5) is 32.9 Å². The van der Waals surface area contributed by atoms with Crippen LogP contribution >= 0.6 is 13.5 Å².